The van der Waals surface area contributed by atoms with E-state index in [9.17, 15) is 9.59 Å². The molecule has 1 N–H and O–H groups in total. The van der Waals surface area contributed by atoms with Gasteiger partial charge in [0.05, 0.1) is 16.7 Å². The minimum absolute atomic E-state index is 0.0110. The first-order valence-electron chi connectivity index (χ1n) is 10.4. The van der Waals surface area contributed by atoms with E-state index in [0.29, 0.717) is 22.0 Å². The molecule has 0 aliphatic heterocycles. The molecule has 4 atom stereocenters. The molecule has 1 heterocycles. The summed E-state index contributed by atoms with van der Waals surface area (Å²) in [5.41, 5.74) is 0.640. The van der Waals surface area contributed by atoms with E-state index in [1.807, 2.05) is 38.1 Å². The Morgan fingerprint density at radius 2 is 2.04 bits per heavy atom. The standard InChI is InChI=1S/C22H29N3O2S/c1-13(2)25-21(27)17-6-4-5-7-19(17)24-22(25)28-12-20(26)23-14(3)18-11-15-8-9-16(18)10-15/h4-7,13-16,18H,8-12H2,1-3H3,(H,23,26). The molecule has 6 heteroatoms. The number of aromatic nitrogens is 2. The number of fused-ring (bicyclic) bond motifs is 3. The lowest BCUT2D eigenvalue weighted by molar-refractivity contribution is -0.119. The van der Waals surface area contributed by atoms with Crippen molar-refractivity contribution >= 4 is 28.6 Å². The predicted molar refractivity (Wildman–Crippen MR) is 114 cm³/mol. The molecule has 1 amide bonds. The molecule has 2 fully saturated rings. The Balaban J connectivity index is 1.45. The van der Waals surface area contributed by atoms with E-state index in [2.05, 4.69) is 17.2 Å². The summed E-state index contributed by atoms with van der Waals surface area (Å²) >= 11 is 1.35. The zero-order chi connectivity index (χ0) is 19.8. The summed E-state index contributed by atoms with van der Waals surface area (Å²) in [6, 6.07) is 7.60. The molecule has 0 radical (unpaired) electrons. The maximum atomic E-state index is 12.9. The van der Waals surface area contributed by atoms with Crippen molar-refractivity contribution in [1.29, 1.82) is 0 Å². The largest absolute Gasteiger partial charge is 0.353 e. The van der Waals surface area contributed by atoms with E-state index in [0.717, 1.165) is 11.8 Å². The van der Waals surface area contributed by atoms with E-state index in [1.165, 1.54) is 37.4 Å². The first-order chi connectivity index (χ1) is 13.4. The highest BCUT2D eigenvalue weighted by Gasteiger charge is 2.42. The van der Waals surface area contributed by atoms with Crippen LogP contribution in [0.25, 0.3) is 10.9 Å². The SMILES string of the molecule is CC(NC(=O)CSc1nc2ccccc2c(=O)n1C(C)C)C1CC2CCC1C2. The molecular formula is C22H29N3O2S. The van der Waals surface area contributed by atoms with Crippen molar-refractivity contribution in [2.45, 2.75) is 63.7 Å². The summed E-state index contributed by atoms with van der Waals surface area (Å²) in [6.07, 6.45) is 5.31. The van der Waals surface area contributed by atoms with Crippen LogP contribution in [0.2, 0.25) is 0 Å². The highest BCUT2D eigenvalue weighted by Crippen LogP contribution is 2.49. The second-order valence-electron chi connectivity index (χ2n) is 8.66. The van der Waals surface area contributed by atoms with Crippen molar-refractivity contribution in [3.8, 4) is 0 Å². The predicted octanol–water partition coefficient (Wildman–Crippen LogP) is 4.01. The monoisotopic (exact) mass is 399 g/mol. The number of carbonyl (C=O) groups excluding carboxylic acids is 1. The summed E-state index contributed by atoms with van der Waals surface area (Å²) in [5.74, 6) is 2.61. The van der Waals surface area contributed by atoms with Gasteiger partial charge in [-0.1, -0.05) is 30.3 Å². The van der Waals surface area contributed by atoms with Gasteiger partial charge in [0.2, 0.25) is 5.91 Å². The van der Waals surface area contributed by atoms with Gasteiger partial charge >= 0.3 is 0 Å². The molecule has 0 spiro atoms. The van der Waals surface area contributed by atoms with Gasteiger partial charge in [-0.2, -0.15) is 0 Å². The molecule has 28 heavy (non-hydrogen) atoms. The van der Waals surface area contributed by atoms with Crippen molar-refractivity contribution < 1.29 is 4.79 Å². The zero-order valence-electron chi connectivity index (χ0n) is 16.9. The Morgan fingerprint density at radius 1 is 1.25 bits per heavy atom. The highest BCUT2D eigenvalue weighted by atomic mass is 32.2. The Bertz CT molecular complexity index is 939. The van der Waals surface area contributed by atoms with Crippen molar-refractivity contribution in [3.05, 3.63) is 34.6 Å². The van der Waals surface area contributed by atoms with Gasteiger partial charge in [-0.15, -0.1) is 0 Å². The summed E-state index contributed by atoms with van der Waals surface area (Å²) in [7, 11) is 0. The minimum Gasteiger partial charge on any atom is -0.353 e. The van der Waals surface area contributed by atoms with Crippen molar-refractivity contribution in [3.63, 3.8) is 0 Å². The minimum atomic E-state index is -0.0427. The highest BCUT2D eigenvalue weighted by molar-refractivity contribution is 7.99. The molecule has 5 nitrogen and oxygen atoms in total. The molecule has 1 aromatic carbocycles. The smallest absolute Gasteiger partial charge is 0.262 e. The van der Waals surface area contributed by atoms with Gasteiger partial charge in [0.15, 0.2) is 5.16 Å². The third kappa shape index (κ3) is 3.71. The van der Waals surface area contributed by atoms with Gasteiger partial charge in [0.25, 0.3) is 5.56 Å². The fourth-order valence-electron chi connectivity index (χ4n) is 5.12. The van der Waals surface area contributed by atoms with Crippen molar-refractivity contribution in [2.24, 2.45) is 17.8 Å². The van der Waals surface area contributed by atoms with Crippen LogP contribution in [-0.4, -0.2) is 27.3 Å². The number of amides is 1. The molecule has 2 saturated carbocycles. The molecule has 1 aromatic heterocycles. The molecular weight excluding hydrogens is 370 g/mol. The number of nitrogens with zero attached hydrogens (tertiary/aromatic N) is 2. The second kappa shape index (κ2) is 7.90. The average Bonchev–Trinajstić information content (AvgIpc) is 3.29. The third-order valence-corrected chi connectivity index (χ3v) is 7.40. The van der Waals surface area contributed by atoms with Crippen LogP contribution in [0.5, 0.6) is 0 Å². The summed E-state index contributed by atoms with van der Waals surface area (Å²) in [5, 5.41) is 4.44. The molecule has 150 valence electrons. The summed E-state index contributed by atoms with van der Waals surface area (Å²) < 4.78 is 1.69. The van der Waals surface area contributed by atoms with E-state index >= 15 is 0 Å². The average molecular weight is 400 g/mol. The molecule has 2 aliphatic rings. The van der Waals surface area contributed by atoms with Crippen LogP contribution in [0, 0.1) is 17.8 Å². The lowest BCUT2D eigenvalue weighted by atomic mass is 9.84. The van der Waals surface area contributed by atoms with E-state index in [-0.39, 0.29) is 29.3 Å². The van der Waals surface area contributed by atoms with Crippen LogP contribution in [0.4, 0.5) is 0 Å². The number of nitrogens with one attached hydrogen (secondary N) is 1. The Kier molecular flexibility index (Phi) is 5.50. The van der Waals surface area contributed by atoms with Gasteiger partial charge < -0.3 is 5.32 Å². The van der Waals surface area contributed by atoms with Gasteiger partial charge in [0, 0.05) is 12.1 Å². The van der Waals surface area contributed by atoms with Crippen LogP contribution < -0.4 is 10.9 Å². The molecule has 2 aliphatic carbocycles. The normalized spacial score (nSPS) is 24.8. The van der Waals surface area contributed by atoms with E-state index in [1.54, 1.807) is 4.57 Å². The van der Waals surface area contributed by atoms with Crippen LogP contribution >= 0.6 is 11.8 Å². The van der Waals surface area contributed by atoms with E-state index < -0.39 is 0 Å². The number of benzene rings is 1. The van der Waals surface area contributed by atoms with Gasteiger partial charge in [-0.05, 0) is 69.9 Å². The molecule has 4 unspecified atom stereocenters. The van der Waals surface area contributed by atoms with Gasteiger partial charge in [0.1, 0.15) is 0 Å². The maximum absolute atomic E-state index is 12.9. The van der Waals surface area contributed by atoms with Crippen LogP contribution in [0.3, 0.4) is 0 Å². The van der Waals surface area contributed by atoms with Gasteiger partial charge in [-0.25, -0.2) is 4.98 Å². The quantitative estimate of drug-likeness (QED) is 0.589. The topological polar surface area (TPSA) is 64.0 Å². The zero-order valence-corrected chi connectivity index (χ0v) is 17.7. The number of carbonyl (C=O) groups is 1. The van der Waals surface area contributed by atoms with Crippen molar-refractivity contribution in [2.75, 3.05) is 5.75 Å². The lowest BCUT2D eigenvalue weighted by Crippen LogP contribution is -2.41. The van der Waals surface area contributed by atoms with E-state index in [4.69, 9.17) is 0 Å². The third-order valence-electron chi connectivity index (χ3n) is 6.45. The molecule has 0 saturated heterocycles. The van der Waals surface area contributed by atoms with Crippen LogP contribution in [0.1, 0.15) is 52.5 Å². The first-order valence-corrected chi connectivity index (χ1v) is 11.4. The molecule has 4 rings (SSSR count). The van der Waals surface area contributed by atoms with Crippen LogP contribution in [0.15, 0.2) is 34.2 Å². The Hall–Kier alpha value is -1.82. The number of hydrogen-bond acceptors (Lipinski definition) is 4. The van der Waals surface area contributed by atoms with Crippen LogP contribution in [-0.2, 0) is 4.79 Å². The number of thioether (sulfide) groups is 1. The number of para-hydroxylation sites is 1. The molecule has 2 bridgehead atoms. The Labute approximate surface area is 170 Å². The number of hydrogen-bond donors (Lipinski definition) is 1. The fourth-order valence-corrected chi connectivity index (χ4v) is 6.06. The first kappa shape index (κ1) is 19.5. The summed E-state index contributed by atoms with van der Waals surface area (Å²) in [4.78, 5) is 30.1. The summed E-state index contributed by atoms with van der Waals surface area (Å²) in [6.45, 7) is 6.09. The number of rotatable bonds is 6. The Morgan fingerprint density at radius 3 is 2.71 bits per heavy atom. The second-order valence-corrected chi connectivity index (χ2v) is 9.61. The van der Waals surface area contributed by atoms with Crippen molar-refractivity contribution in [1.82, 2.24) is 14.9 Å². The van der Waals surface area contributed by atoms with Gasteiger partial charge in [-0.3, -0.25) is 14.2 Å². The lowest BCUT2D eigenvalue weighted by Gasteiger charge is -2.28. The maximum Gasteiger partial charge on any atom is 0.262 e. The molecule has 2 aromatic rings. The fraction of sp³-hybridized carbons (Fsp3) is 0.591.